The summed E-state index contributed by atoms with van der Waals surface area (Å²) in [5.74, 6) is 2.25. The second-order valence-electron chi connectivity index (χ2n) is 12.4. The van der Waals surface area contributed by atoms with E-state index in [4.69, 9.17) is 9.16 Å². The van der Waals surface area contributed by atoms with Crippen LogP contribution in [0.5, 0.6) is 11.5 Å². The molecule has 1 heterocycles. The molecule has 1 fully saturated rings. The first-order valence-electron chi connectivity index (χ1n) is 15.1. The lowest BCUT2D eigenvalue weighted by Gasteiger charge is -2.38. The van der Waals surface area contributed by atoms with Gasteiger partial charge in [0.15, 0.2) is 0 Å². The van der Waals surface area contributed by atoms with Gasteiger partial charge in [0.2, 0.25) is 9.04 Å². The predicted molar refractivity (Wildman–Crippen MR) is 164 cm³/mol. The molecule has 0 aromatic heterocycles. The monoisotopic (exact) mass is 522 g/mol. The van der Waals surface area contributed by atoms with Gasteiger partial charge in [-0.2, -0.15) is 0 Å². The first kappa shape index (κ1) is 29.8. The van der Waals surface area contributed by atoms with Crippen LogP contribution in [0.2, 0.25) is 13.1 Å². The van der Waals surface area contributed by atoms with Crippen molar-refractivity contribution in [3.05, 3.63) is 57.2 Å². The van der Waals surface area contributed by atoms with Crippen molar-refractivity contribution >= 4 is 9.04 Å². The Labute approximate surface area is 230 Å². The van der Waals surface area contributed by atoms with Crippen molar-refractivity contribution in [2.24, 2.45) is 0 Å². The third-order valence-corrected chi connectivity index (χ3v) is 9.29. The van der Waals surface area contributed by atoms with Gasteiger partial charge in [-0.1, -0.05) is 41.4 Å². The molecule has 1 atom stereocenters. The van der Waals surface area contributed by atoms with Crippen molar-refractivity contribution in [2.75, 3.05) is 0 Å². The third kappa shape index (κ3) is 8.63. The van der Waals surface area contributed by atoms with E-state index in [1.54, 1.807) is 11.1 Å². The number of hydrogen-bond donors (Lipinski definition) is 0. The highest BCUT2D eigenvalue weighted by molar-refractivity contribution is 6.49. The van der Waals surface area contributed by atoms with Crippen LogP contribution < -0.4 is 9.16 Å². The van der Waals surface area contributed by atoms with E-state index in [2.05, 4.69) is 72.9 Å². The summed E-state index contributed by atoms with van der Waals surface area (Å²) in [6.07, 6.45) is 23.4. The molecule has 0 radical (unpaired) electrons. The Morgan fingerprint density at radius 3 is 2.19 bits per heavy atom. The molecule has 1 aromatic carbocycles. The first-order valence-corrected chi connectivity index (χ1v) is 17.8. The lowest BCUT2D eigenvalue weighted by Crippen LogP contribution is -2.37. The van der Waals surface area contributed by atoms with Crippen LogP contribution in [-0.4, -0.2) is 14.6 Å². The van der Waals surface area contributed by atoms with Gasteiger partial charge >= 0.3 is 0 Å². The lowest BCUT2D eigenvalue weighted by atomic mass is 9.85. The molecule has 0 spiro atoms. The minimum atomic E-state index is -1.14. The molecule has 2 aliphatic rings. The van der Waals surface area contributed by atoms with Gasteiger partial charge in [-0.15, -0.1) is 0 Å². The normalized spacial score (nSPS) is 20.6. The minimum Gasteiger partial charge on any atom is -0.547 e. The summed E-state index contributed by atoms with van der Waals surface area (Å²) in [4.78, 5) is 0. The minimum absolute atomic E-state index is 0.0913. The lowest BCUT2D eigenvalue weighted by molar-refractivity contribution is 0.0559. The molecule has 0 amide bonds. The molecule has 3 heteroatoms. The van der Waals surface area contributed by atoms with E-state index >= 15 is 0 Å². The van der Waals surface area contributed by atoms with Crippen LogP contribution in [0.25, 0.3) is 0 Å². The van der Waals surface area contributed by atoms with Crippen LogP contribution in [0.1, 0.15) is 120 Å². The molecule has 1 aromatic rings. The standard InChI is InChI=1S/C34H54O2Si/c1-25(17-13-21-30-19-10-9-11-20-30)15-12-16-26(2)18-14-23-34(6)24-22-31-29(5)32(36-37(7)8)27(3)28(4)33(31)35-34/h15,18,21,37H,9-14,16-17,19-20,22-24H2,1-8H3/b25-15+,26-18+/t34-/m1/s1. The number of hydrogen-bond acceptors (Lipinski definition) is 2. The summed E-state index contributed by atoms with van der Waals surface area (Å²) in [6.45, 7) is 18.0. The molecular weight excluding hydrogens is 468 g/mol. The van der Waals surface area contributed by atoms with Crippen LogP contribution >= 0.6 is 0 Å². The summed E-state index contributed by atoms with van der Waals surface area (Å²) in [5, 5.41) is 0. The molecule has 0 bridgehead atoms. The summed E-state index contributed by atoms with van der Waals surface area (Å²) in [6, 6.07) is 0. The van der Waals surface area contributed by atoms with Gasteiger partial charge < -0.3 is 9.16 Å². The number of allylic oxidation sites excluding steroid dienone is 6. The second-order valence-corrected chi connectivity index (χ2v) is 14.7. The fourth-order valence-corrected chi connectivity index (χ4v) is 6.78. The number of fused-ring (bicyclic) bond motifs is 1. The average molecular weight is 523 g/mol. The van der Waals surface area contributed by atoms with Crippen molar-refractivity contribution in [1.82, 2.24) is 0 Å². The average Bonchev–Trinajstić information content (AvgIpc) is 2.85. The van der Waals surface area contributed by atoms with Crippen LogP contribution in [0, 0.1) is 20.8 Å². The molecule has 1 aliphatic heterocycles. The van der Waals surface area contributed by atoms with Gasteiger partial charge in [0.1, 0.15) is 17.1 Å². The summed E-state index contributed by atoms with van der Waals surface area (Å²) < 4.78 is 13.1. The number of ether oxygens (including phenoxy) is 1. The molecule has 3 rings (SSSR count). The van der Waals surface area contributed by atoms with Crippen molar-refractivity contribution in [3.8, 4) is 11.5 Å². The summed E-state index contributed by atoms with van der Waals surface area (Å²) in [5.41, 5.74) is 9.87. The van der Waals surface area contributed by atoms with E-state index in [-0.39, 0.29) is 5.60 Å². The molecule has 2 nitrogen and oxygen atoms in total. The third-order valence-electron chi connectivity index (χ3n) is 8.58. The van der Waals surface area contributed by atoms with Gasteiger partial charge in [0.05, 0.1) is 0 Å². The van der Waals surface area contributed by atoms with Crippen LogP contribution in [0.4, 0.5) is 0 Å². The topological polar surface area (TPSA) is 18.5 Å². The molecule has 0 saturated heterocycles. The zero-order valence-electron chi connectivity index (χ0n) is 25.3. The maximum absolute atomic E-state index is 6.76. The van der Waals surface area contributed by atoms with E-state index in [0.717, 1.165) is 50.0 Å². The maximum atomic E-state index is 6.76. The Morgan fingerprint density at radius 2 is 1.51 bits per heavy atom. The van der Waals surface area contributed by atoms with Crippen molar-refractivity contribution in [1.29, 1.82) is 0 Å². The number of rotatable bonds is 11. The Kier molecular flexibility index (Phi) is 11.2. The molecular formula is C34H54O2Si. The van der Waals surface area contributed by atoms with Gasteiger partial charge in [-0.25, -0.2) is 0 Å². The molecule has 1 saturated carbocycles. The Morgan fingerprint density at radius 1 is 0.865 bits per heavy atom. The van der Waals surface area contributed by atoms with Crippen molar-refractivity contribution < 1.29 is 9.16 Å². The summed E-state index contributed by atoms with van der Waals surface area (Å²) >= 11 is 0. The zero-order valence-corrected chi connectivity index (χ0v) is 26.5. The maximum Gasteiger partial charge on any atom is 0.229 e. The van der Waals surface area contributed by atoms with E-state index < -0.39 is 9.04 Å². The second kappa shape index (κ2) is 13.9. The highest BCUT2D eigenvalue weighted by atomic mass is 28.3. The largest absolute Gasteiger partial charge is 0.547 e. The smallest absolute Gasteiger partial charge is 0.229 e. The molecule has 1 aliphatic carbocycles. The van der Waals surface area contributed by atoms with Crippen LogP contribution in [-0.2, 0) is 6.42 Å². The van der Waals surface area contributed by atoms with Crippen molar-refractivity contribution in [2.45, 2.75) is 144 Å². The molecule has 0 N–H and O–H groups in total. The first-order chi connectivity index (χ1) is 17.6. The molecule has 0 unspecified atom stereocenters. The van der Waals surface area contributed by atoms with Gasteiger partial charge in [0.25, 0.3) is 0 Å². The molecule has 206 valence electrons. The van der Waals surface area contributed by atoms with Gasteiger partial charge in [0, 0.05) is 5.56 Å². The van der Waals surface area contributed by atoms with E-state index in [1.165, 1.54) is 72.8 Å². The zero-order chi connectivity index (χ0) is 27.0. The highest BCUT2D eigenvalue weighted by Gasteiger charge is 2.34. The Hall–Kier alpha value is -1.74. The fourth-order valence-electron chi connectivity index (χ4n) is 5.96. The van der Waals surface area contributed by atoms with Gasteiger partial charge in [-0.3, -0.25) is 0 Å². The Balaban J connectivity index is 1.48. The highest BCUT2D eigenvalue weighted by Crippen LogP contribution is 2.45. The van der Waals surface area contributed by atoms with E-state index in [9.17, 15) is 0 Å². The molecule has 37 heavy (non-hydrogen) atoms. The van der Waals surface area contributed by atoms with Crippen molar-refractivity contribution in [3.63, 3.8) is 0 Å². The SMILES string of the molecule is C/C(=C\CC/C(C)=C/CC[C@]1(C)CCc2c(C)c(O[SiH](C)C)c(C)c(C)c2O1)CCC=C1CCCCC1. The van der Waals surface area contributed by atoms with E-state index in [0.29, 0.717) is 0 Å². The number of benzene rings is 1. The van der Waals surface area contributed by atoms with Crippen LogP contribution in [0.15, 0.2) is 34.9 Å². The Bertz CT molecular complexity index is 1010. The fraction of sp³-hybridized carbons (Fsp3) is 0.647. The quantitative estimate of drug-likeness (QED) is 0.212. The van der Waals surface area contributed by atoms with E-state index in [1.807, 2.05) is 0 Å². The summed E-state index contributed by atoms with van der Waals surface area (Å²) in [7, 11) is -1.14. The van der Waals surface area contributed by atoms with Crippen LogP contribution in [0.3, 0.4) is 0 Å². The van der Waals surface area contributed by atoms with Gasteiger partial charge in [-0.05, 0) is 148 Å². The predicted octanol–water partition coefficient (Wildman–Crippen LogP) is 10.2.